The molecule has 2 aromatic rings. The van der Waals surface area contributed by atoms with Gasteiger partial charge in [-0.3, -0.25) is 4.90 Å². The van der Waals surface area contributed by atoms with Crippen molar-refractivity contribution in [3.05, 3.63) is 47.7 Å². The van der Waals surface area contributed by atoms with Crippen LogP contribution in [0.25, 0.3) is 0 Å². The molecule has 8 nitrogen and oxygen atoms in total. The Kier molecular flexibility index (Phi) is 11.0. The van der Waals surface area contributed by atoms with Crippen molar-refractivity contribution in [1.29, 1.82) is 0 Å². The van der Waals surface area contributed by atoms with Crippen LogP contribution >= 0.6 is 24.0 Å². The van der Waals surface area contributed by atoms with Crippen LogP contribution in [0.2, 0.25) is 0 Å². The molecule has 1 aromatic carbocycles. The summed E-state index contributed by atoms with van der Waals surface area (Å²) in [4.78, 5) is 16.1. The van der Waals surface area contributed by atoms with Crippen molar-refractivity contribution in [2.75, 3.05) is 65.9 Å². The van der Waals surface area contributed by atoms with Gasteiger partial charge in [0.05, 0.1) is 20.8 Å². The number of halogens is 1. The van der Waals surface area contributed by atoms with Crippen LogP contribution in [0.3, 0.4) is 0 Å². The number of pyridine rings is 1. The molecule has 9 heteroatoms. The van der Waals surface area contributed by atoms with Crippen molar-refractivity contribution in [3.63, 3.8) is 0 Å². The zero-order valence-electron chi connectivity index (χ0n) is 20.4. The monoisotopic (exact) mass is 568 g/mol. The molecule has 3 rings (SSSR count). The first-order chi connectivity index (χ1) is 15.5. The first-order valence-electron chi connectivity index (χ1n) is 11.1. The van der Waals surface area contributed by atoms with Crippen molar-refractivity contribution in [2.24, 2.45) is 4.99 Å². The molecule has 0 aliphatic carbocycles. The minimum Gasteiger partial charge on any atom is -0.497 e. The average Bonchev–Trinajstić information content (AvgIpc) is 2.82. The van der Waals surface area contributed by atoms with Gasteiger partial charge in [-0.05, 0) is 42.8 Å². The van der Waals surface area contributed by atoms with E-state index in [4.69, 9.17) is 14.5 Å². The largest absolute Gasteiger partial charge is 0.497 e. The summed E-state index contributed by atoms with van der Waals surface area (Å²) in [5.74, 6) is 3.67. The molecule has 1 aliphatic rings. The van der Waals surface area contributed by atoms with Crippen LogP contribution in [-0.2, 0) is 13.1 Å². The van der Waals surface area contributed by atoms with Crippen LogP contribution in [0.5, 0.6) is 11.5 Å². The summed E-state index contributed by atoms with van der Waals surface area (Å²) in [7, 11) is 7.41. The topological polar surface area (TPSA) is 65.5 Å². The Morgan fingerprint density at radius 1 is 1.09 bits per heavy atom. The SMILES string of the molecule is CCNC(=NCc1ccnc(N(C)C)c1)N1CCN(Cc2cc(OC)ccc2OC)CC1.I. The molecular formula is C24H37IN6O2. The molecule has 0 atom stereocenters. The normalized spacial score (nSPS) is 14.5. The summed E-state index contributed by atoms with van der Waals surface area (Å²) in [6.07, 6.45) is 1.85. The van der Waals surface area contributed by atoms with E-state index < -0.39 is 0 Å². The fraction of sp³-hybridized carbons (Fsp3) is 0.500. The second kappa shape index (κ2) is 13.4. The minimum atomic E-state index is 0. The van der Waals surface area contributed by atoms with E-state index >= 15 is 0 Å². The van der Waals surface area contributed by atoms with Gasteiger partial charge in [-0.2, -0.15) is 0 Å². The van der Waals surface area contributed by atoms with Crippen molar-refractivity contribution < 1.29 is 9.47 Å². The third-order valence-corrected chi connectivity index (χ3v) is 5.57. The van der Waals surface area contributed by atoms with E-state index in [0.717, 1.165) is 73.7 Å². The van der Waals surface area contributed by atoms with Gasteiger partial charge < -0.3 is 24.6 Å². The highest BCUT2D eigenvalue weighted by Crippen LogP contribution is 2.25. The van der Waals surface area contributed by atoms with Crippen LogP contribution in [0.1, 0.15) is 18.1 Å². The number of anilines is 1. The molecule has 1 N–H and O–H groups in total. The van der Waals surface area contributed by atoms with Gasteiger partial charge in [0.15, 0.2) is 5.96 Å². The minimum absolute atomic E-state index is 0. The van der Waals surface area contributed by atoms with Crippen molar-refractivity contribution in [3.8, 4) is 11.5 Å². The van der Waals surface area contributed by atoms with E-state index in [0.29, 0.717) is 6.54 Å². The van der Waals surface area contributed by atoms with Crippen molar-refractivity contribution in [1.82, 2.24) is 20.1 Å². The molecule has 0 spiro atoms. The lowest BCUT2D eigenvalue weighted by Crippen LogP contribution is -2.52. The second-order valence-corrected chi connectivity index (χ2v) is 8.03. The number of hydrogen-bond donors (Lipinski definition) is 1. The first kappa shape index (κ1) is 27.0. The van der Waals surface area contributed by atoms with Crippen LogP contribution in [-0.4, -0.2) is 81.8 Å². The number of methoxy groups -OCH3 is 2. The number of piperazine rings is 1. The predicted octanol–water partition coefficient (Wildman–Crippen LogP) is 3.07. The number of benzene rings is 1. The molecule has 1 aromatic heterocycles. The van der Waals surface area contributed by atoms with Gasteiger partial charge in [0.25, 0.3) is 0 Å². The number of guanidine groups is 1. The van der Waals surface area contributed by atoms with E-state index in [2.05, 4.69) is 39.2 Å². The zero-order valence-corrected chi connectivity index (χ0v) is 22.7. The van der Waals surface area contributed by atoms with Crippen molar-refractivity contribution >= 4 is 35.8 Å². The highest BCUT2D eigenvalue weighted by atomic mass is 127. The third kappa shape index (κ3) is 7.63. The standard InChI is InChI=1S/C24H36N6O2.HI/c1-6-25-24(27-17-19-9-10-26-23(15-19)28(2)3)30-13-11-29(12-14-30)18-20-16-21(31-4)7-8-22(20)32-5;/h7-10,15-16H,6,11-14,17-18H2,1-5H3,(H,25,27);1H. The van der Waals surface area contributed by atoms with Gasteiger partial charge in [0, 0.05) is 65.1 Å². The smallest absolute Gasteiger partial charge is 0.194 e. The van der Waals surface area contributed by atoms with E-state index in [9.17, 15) is 0 Å². The Bertz CT molecular complexity index is 900. The van der Waals surface area contributed by atoms with Crippen molar-refractivity contribution in [2.45, 2.75) is 20.0 Å². The number of rotatable bonds is 8. The fourth-order valence-corrected chi connectivity index (χ4v) is 3.76. The number of nitrogens with one attached hydrogen (secondary N) is 1. The Morgan fingerprint density at radius 2 is 1.85 bits per heavy atom. The summed E-state index contributed by atoms with van der Waals surface area (Å²) in [5, 5.41) is 3.45. The van der Waals surface area contributed by atoms with Gasteiger partial charge in [-0.15, -0.1) is 24.0 Å². The quantitative estimate of drug-likeness (QED) is 0.299. The summed E-state index contributed by atoms with van der Waals surface area (Å²) in [6.45, 7) is 8.21. The number of nitrogens with zero attached hydrogens (tertiary/aromatic N) is 5. The molecule has 0 radical (unpaired) electrons. The molecule has 1 aliphatic heterocycles. The van der Waals surface area contributed by atoms with E-state index in [1.807, 2.05) is 43.4 Å². The Hall–Kier alpha value is -2.27. The van der Waals surface area contributed by atoms with Crippen LogP contribution in [0.15, 0.2) is 41.5 Å². The maximum atomic E-state index is 5.55. The van der Waals surface area contributed by atoms with Gasteiger partial charge in [-0.1, -0.05) is 0 Å². The third-order valence-electron chi connectivity index (χ3n) is 5.57. The Labute approximate surface area is 215 Å². The van der Waals surface area contributed by atoms with Gasteiger partial charge in [0.1, 0.15) is 17.3 Å². The molecule has 33 heavy (non-hydrogen) atoms. The molecular weight excluding hydrogens is 531 g/mol. The summed E-state index contributed by atoms with van der Waals surface area (Å²) >= 11 is 0. The Morgan fingerprint density at radius 3 is 2.48 bits per heavy atom. The molecule has 2 heterocycles. The number of ether oxygens (including phenoxy) is 2. The fourth-order valence-electron chi connectivity index (χ4n) is 3.76. The highest BCUT2D eigenvalue weighted by molar-refractivity contribution is 14.0. The van der Waals surface area contributed by atoms with Gasteiger partial charge in [-0.25, -0.2) is 9.98 Å². The zero-order chi connectivity index (χ0) is 22.9. The maximum absolute atomic E-state index is 5.55. The summed E-state index contributed by atoms with van der Waals surface area (Å²) < 4.78 is 10.9. The molecule has 1 saturated heterocycles. The van der Waals surface area contributed by atoms with E-state index in [1.54, 1.807) is 14.2 Å². The molecule has 0 bridgehead atoms. The van der Waals surface area contributed by atoms with Gasteiger partial charge in [0.2, 0.25) is 0 Å². The lowest BCUT2D eigenvalue weighted by atomic mass is 10.1. The average molecular weight is 569 g/mol. The molecule has 0 amide bonds. The van der Waals surface area contributed by atoms with Crippen LogP contribution in [0.4, 0.5) is 5.82 Å². The summed E-state index contributed by atoms with van der Waals surface area (Å²) in [5.41, 5.74) is 2.30. The molecule has 182 valence electrons. The van der Waals surface area contributed by atoms with Crippen LogP contribution < -0.4 is 19.7 Å². The highest BCUT2D eigenvalue weighted by Gasteiger charge is 2.21. The first-order valence-corrected chi connectivity index (χ1v) is 11.1. The number of aliphatic imine (C=N–C) groups is 1. The molecule has 0 unspecified atom stereocenters. The molecule has 1 fully saturated rings. The van der Waals surface area contributed by atoms with Gasteiger partial charge >= 0.3 is 0 Å². The predicted molar refractivity (Wildman–Crippen MR) is 145 cm³/mol. The maximum Gasteiger partial charge on any atom is 0.194 e. The van der Waals surface area contributed by atoms with E-state index in [-0.39, 0.29) is 24.0 Å². The lowest BCUT2D eigenvalue weighted by molar-refractivity contribution is 0.171. The van der Waals surface area contributed by atoms with Crippen LogP contribution in [0, 0.1) is 0 Å². The Balaban J connectivity index is 0.00000385. The summed E-state index contributed by atoms with van der Waals surface area (Å²) in [6, 6.07) is 10.1. The molecule has 0 saturated carbocycles. The number of aromatic nitrogens is 1. The second-order valence-electron chi connectivity index (χ2n) is 8.03. The number of hydrogen-bond acceptors (Lipinski definition) is 6. The lowest BCUT2D eigenvalue weighted by Gasteiger charge is -2.36. The van der Waals surface area contributed by atoms with E-state index in [1.165, 1.54) is 0 Å².